The molecule has 0 spiro atoms. The molecule has 0 radical (unpaired) electrons. The Morgan fingerprint density at radius 1 is 1.38 bits per heavy atom. The molecule has 0 amide bonds. The van der Waals surface area contributed by atoms with Crippen LogP contribution in [-0.4, -0.2) is 19.0 Å². The molecule has 2 nitrogen and oxygen atoms in total. The van der Waals surface area contributed by atoms with Crippen molar-refractivity contribution in [2.24, 2.45) is 10.8 Å². The molecule has 2 heteroatoms. The van der Waals surface area contributed by atoms with Crippen LogP contribution >= 0.6 is 0 Å². The van der Waals surface area contributed by atoms with E-state index in [0.717, 1.165) is 19.6 Å². The zero-order chi connectivity index (χ0) is 10.1. The van der Waals surface area contributed by atoms with Gasteiger partial charge in [-0.05, 0) is 18.8 Å². The van der Waals surface area contributed by atoms with Gasteiger partial charge in [0.15, 0.2) is 0 Å². The topological polar surface area (TPSA) is 26.3 Å². The summed E-state index contributed by atoms with van der Waals surface area (Å²) in [6, 6.07) is 0. The normalized spacial score (nSPS) is 20.9. The maximum Gasteiger partial charge on any atom is 0.129 e. The predicted octanol–water partition coefficient (Wildman–Crippen LogP) is 2.42. The van der Waals surface area contributed by atoms with Crippen LogP contribution in [0.15, 0.2) is 0 Å². The van der Waals surface area contributed by atoms with E-state index in [2.05, 4.69) is 20.8 Å². The molecule has 0 N–H and O–H groups in total. The number of ether oxygens (including phenoxy) is 1. The van der Waals surface area contributed by atoms with E-state index < -0.39 is 0 Å². The number of carbonyl (C=O) groups excluding carboxylic acids is 1. The van der Waals surface area contributed by atoms with Crippen molar-refractivity contribution in [2.45, 2.75) is 40.5 Å². The number of ketones is 1. The Morgan fingerprint density at radius 2 is 1.92 bits per heavy atom. The van der Waals surface area contributed by atoms with Crippen molar-refractivity contribution in [1.29, 1.82) is 0 Å². The highest BCUT2D eigenvalue weighted by molar-refractivity contribution is 5.75. The second-order valence-corrected chi connectivity index (χ2v) is 5.23. The molecular formula is C11H20O2. The third-order valence-corrected chi connectivity index (χ3v) is 3.30. The number of rotatable bonds is 3. The van der Waals surface area contributed by atoms with Gasteiger partial charge < -0.3 is 9.53 Å². The summed E-state index contributed by atoms with van der Waals surface area (Å²) in [7, 11) is 0. The Labute approximate surface area is 80.7 Å². The Morgan fingerprint density at radius 3 is 2.15 bits per heavy atom. The Hall–Kier alpha value is -0.370. The third-order valence-electron chi connectivity index (χ3n) is 3.30. The molecular weight excluding hydrogens is 164 g/mol. The lowest BCUT2D eigenvalue weighted by Crippen LogP contribution is -2.52. The first-order valence-electron chi connectivity index (χ1n) is 4.95. The van der Waals surface area contributed by atoms with Crippen LogP contribution in [-0.2, 0) is 9.53 Å². The Balaban J connectivity index is 2.55. The smallest absolute Gasteiger partial charge is 0.129 e. The summed E-state index contributed by atoms with van der Waals surface area (Å²) in [6.45, 7) is 10.0. The molecule has 0 aliphatic carbocycles. The molecule has 0 saturated carbocycles. The van der Waals surface area contributed by atoms with E-state index in [4.69, 9.17) is 4.74 Å². The van der Waals surface area contributed by atoms with Crippen LogP contribution in [0.3, 0.4) is 0 Å². The Kier molecular flexibility index (Phi) is 2.81. The van der Waals surface area contributed by atoms with Crippen molar-refractivity contribution in [2.75, 3.05) is 13.2 Å². The van der Waals surface area contributed by atoms with E-state index in [9.17, 15) is 4.79 Å². The van der Waals surface area contributed by atoms with Gasteiger partial charge in [0.25, 0.3) is 0 Å². The first-order chi connectivity index (χ1) is 5.87. The molecule has 0 unspecified atom stereocenters. The van der Waals surface area contributed by atoms with Gasteiger partial charge in [0, 0.05) is 11.8 Å². The van der Waals surface area contributed by atoms with Gasteiger partial charge in [-0.3, -0.25) is 0 Å². The second-order valence-electron chi connectivity index (χ2n) is 5.23. The van der Waals surface area contributed by atoms with Crippen molar-refractivity contribution in [3.63, 3.8) is 0 Å². The fourth-order valence-corrected chi connectivity index (χ4v) is 1.72. The fraction of sp³-hybridized carbons (Fsp3) is 0.909. The first kappa shape index (κ1) is 10.7. The highest BCUT2D eigenvalue weighted by Gasteiger charge is 2.47. The van der Waals surface area contributed by atoms with Crippen LogP contribution in [0, 0.1) is 10.8 Å². The van der Waals surface area contributed by atoms with Gasteiger partial charge in [-0.1, -0.05) is 20.8 Å². The van der Waals surface area contributed by atoms with Crippen molar-refractivity contribution in [3.05, 3.63) is 0 Å². The molecule has 0 atom stereocenters. The van der Waals surface area contributed by atoms with E-state index in [1.54, 1.807) is 6.92 Å². The SMILES string of the molecule is CC(=O)CCC1(C(C)(C)C)COC1. The second kappa shape index (κ2) is 3.41. The fourth-order valence-electron chi connectivity index (χ4n) is 1.72. The average molecular weight is 184 g/mol. The lowest BCUT2D eigenvalue weighted by atomic mass is 9.62. The predicted molar refractivity (Wildman–Crippen MR) is 52.6 cm³/mol. The summed E-state index contributed by atoms with van der Waals surface area (Å²) in [5.74, 6) is 0.288. The van der Waals surface area contributed by atoms with E-state index in [0.29, 0.717) is 6.42 Å². The quantitative estimate of drug-likeness (QED) is 0.673. The monoisotopic (exact) mass is 184 g/mol. The molecule has 0 bridgehead atoms. The van der Waals surface area contributed by atoms with Gasteiger partial charge >= 0.3 is 0 Å². The van der Waals surface area contributed by atoms with E-state index >= 15 is 0 Å². The molecule has 13 heavy (non-hydrogen) atoms. The summed E-state index contributed by atoms with van der Waals surface area (Å²) in [5.41, 5.74) is 0.499. The summed E-state index contributed by atoms with van der Waals surface area (Å²) in [6.07, 6.45) is 1.67. The minimum Gasteiger partial charge on any atom is -0.380 e. The van der Waals surface area contributed by atoms with Gasteiger partial charge in [-0.2, -0.15) is 0 Å². The van der Waals surface area contributed by atoms with Crippen molar-refractivity contribution in [3.8, 4) is 0 Å². The zero-order valence-electron chi connectivity index (χ0n) is 9.14. The molecule has 1 heterocycles. The minimum absolute atomic E-state index is 0.249. The van der Waals surface area contributed by atoms with Gasteiger partial charge in [-0.15, -0.1) is 0 Å². The zero-order valence-corrected chi connectivity index (χ0v) is 9.14. The van der Waals surface area contributed by atoms with Crippen LogP contribution in [0.2, 0.25) is 0 Å². The largest absolute Gasteiger partial charge is 0.380 e. The minimum atomic E-state index is 0.249. The van der Waals surface area contributed by atoms with Crippen molar-refractivity contribution < 1.29 is 9.53 Å². The summed E-state index contributed by atoms with van der Waals surface area (Å²) in [4.78, 5) is 10.9. The molecule has 1 fully saturated rings. The van der Waals surface area contributed by atoms with E-state index in [1.807, 2.05) is 0 Å². The molecule has 0 aromatic carbocycles. The van der Waals surface area contributed by atoms with Crippen molar-refractivity contribution in [1.82, 2.24) is 0 Å². The number of carbonyl (C=O) groups is 1. The maximum atomic E-state index is 10.9. The molecule has 1 aliphatic heterocycles. The lowest BCUT2D eigenvalue weighted by Gasteiger charge is -2.51. The van der Waals surface area contributed by atoms with Crippen molar-refractivity contribution >= 4 is 5.78 Å². The van der Waals surface area contributed by atoms with Crippen LogP contribution in [0.4, 0.5) is 0 Å². The standard InChI is InChI=1S/C11H20O2/c1-9(12)5-6-11(7-13-8-11)10(2,3)4/h5-8H2,1-4H3. The Bertz CT molecular complexity index is 197. The van der Waals surface area contributed by atoms with Gasteiger partial charge in [0.1, 0.15) is 5.78 Å². The average Bonchev–Trinajstić information content (AvgIpc) is 1.80. The van der Waals surface area contributed by atoms with Crippen LogP contribution in [0.5, 0.6) is 0 Å². The molecule has 76 valence electrons. The van der Waals surface area contributed by atoms with Crippen LogP contribution in [0.1, 0.15) is 40.5 Å². The molecule has 1 saturated heterocycles. The lowest BCUT2D eigenvalue weighted by molar-refractivity contribution is -0.175. The van der Waals surface area contributed by atoms with E-state index in [1.165, 1.54) is 0 Å². The highest BCUT2D eigenvalue weighted by atomic mass is 16.5. The number of Topliss-reactive ketones (excluding diaryl/α,β-unsaturated/α-hetero) is 1. The molecule has 1 rings (SSSR count). The molecule has 0 aromatic heterocycles. The molecule has 1 aliphatic rings. The maximum absolute atomic E-state index is 10.9. The number of hydrogen-bond donors (Lipinski definition) is 0. The summed E-state index contributed by atoms with van der Waals surface area (Å²) in [5, 5.41) is 0. The third kappa shape index (κ3) is 2.11. The molecule has 0 aromatic rings. The summed E-state index contributed by atoms with van der Waals surface area (Å²) >= 11 is 0. The van der Waals surface area contributed by atoms with Gasteiger partial charge in [-0.25, -0.2) is 0 Å². The van der Waals surface area contributed by atoms with Crippen LogP contribution < -0.4 is 0 Å². The number of hydrogen-bond acceptors (Lipinski definition) is 2. The highest BCUT2D eigenvalue weighted by Crippen LogP contribution is 2.48. The van der Waals surface area contributed by atoms with E-state index in [-0.39, 0.29) is 16.6 Å². The van der Waals surface area contributed by atoms with Crippen LogP contribution in [0.25, 0.3) is 0 Å². The van der Waals surface area contributed by atoms with Gasteiger partial charge in [0.2, 0.25) is 0 Å². The first-order valence-corrected chi connectivity index (χ1v) is 4.95. The van der Waals surface area contributed by atoms with Gasteiger partial charge in [0.05, 0.1) is 13.2 Å². The summed E-state index contributed by atoms with van der Waals surface area (Å²) < 4.78 is 5.29.